The largest absolute Gasteiger partial charge is 0.383 e. The first-order valence-electron chi connectivity index (χ1n) is 7.10. The van der Waals surface area contributed by atoms with Gasteiger partial charge in [0, 0.05) is 33.2 Å². The Kier molecular flexibility index (Phi) is 7.50. The van der Waals surface area contributed by atoms with E-state index in [0.717, 1.165) is 17.4 Å². The Balaban J connectivity index is 2.45. The molecule has 0 atom stereocenters. The van der Waals surface area contributed by atoms with Crippen molar-refractivity contribution in [2.45, 2.75) is 19.9 Å². The zero-order valence-corrected chi connectivity index (χ0v) is 14.1. The van der Waals surface area contributed by atoms with Crippen molar-refractivity contribution >= 4 is 15.9 Å². The monoisotopic (exact) mass is 328 g/mol. The Labute approximate surface area is 132 Å². The van der Waals surface area contributed by atoms with Crippen LogP contribution < -0.4 is 5.32 Å². The van der Waals surface area contributed by atoms with Crippen molar-refractivity contribution in [2.24, 2.45) is 0 Å². The quantitative estimate of drug-likeness (QED) is 0.731. The van der Waals surface area contributed by atoms with E-state index in [4.69, 9.17) is 4.74 Å². The number of amides is 1. The topological polar surface area (TPSA) is 75.7 Å². The molecule has 0 fully saturated rings. The molecule has 0 aliphatic rings. The standard InChI is InChI=1S/C15H24N2O4S/c1-13-6-4-5-7-14(13)12-16-15(18)8-9-17(10-11-21-2)22(3,19)20/h4-7H,8-12H2,1-3H3,(H,16,18). The number of hydrogen-bond acceptors (Lipinski definition) is 4. The van der Waals surface area contributed by atoms with Gasteiger partial charge in [0.15, 0.2) is 0 Å². The van der Waals surface area contributed by atoms with Crippen LogP contribution in [0.25, 0.3) is 0 Å². The van der Waals surface area contributed by atoms with Crippen molar-refractivity contribution < 1.29 is 17.9 Å². The number of ether oxygens (including phenoxy) is 1. The molecular weight excluding hydrogens is 304 g/mol. The van der Waals surface area contributed by atoms with Crippen molar-refractivity contribution in [1.29, 1.82) is 0 Å². The van der Waals surface area contributed by atoms with Gasteiger partial charge in [0.05, 0.1) is 12.9 Å². The lowest BCUT2D eigenvalue weighted by molar-refractivity contribution is -0.121. The minimum atomic E-state index is -3.33. The first kappa shape index (κ1) is 18.6. The van der Waals surface area contributed by atoms with Crippen LogP contribution in [0.4, 0.5) is 0 Å². The molecule has 0 spiro atoms. The Bertz CT molecular complexity index is 587. The SMILES string of the molecule is COCCN(CCC(=O)NCc1ccccc1C)S(C)(=O)=O. The molecule has 6 nitrogen and oxygen atoms in total. The molecule has 0 aliphatic heterocycles. The maximum Gasteiger partial charge on any atom is 0.221 e. The van der Waals surface area contributed by atoms with E-state index in [1.807, 2.05) is 31.2 Å². The number of aryl methyl sites for hydroxylation is 1. The van der Waals surface area contributed by atoms with Crippen molar-refractivity contribution in [1.82, 2.24) is 9.62 Å². The lowest BCUT2D eigenvalue weighted by Crippen LogP contribution is -2.36. The molecular formula is C15H24N2O4S. The molecule has 0 aliphatic carbocycles. The molecule has 1 aromatic rings. The number of nitrogens with zero attached hydrogens (tertiary/aromatic N) is 1. The van der Waals surface area contributed by atoms with E-state index in [1.165, 1.54) is 11.4 Å². The highest BCUT2D eigenvalue weighted by Gasteiger charge is 2.17. The van der Waals surface area contributed by atoms with E-state index in [1.54, 1.807) is 0 Å². The Hall–Kier alpha value is -1.44. The van der Waals surface area contributed by atoms with Gasteiger partial charge in [-0.15, -0.1) is 0 Å². The lowest BCUT2D eigenvalue weighted by atomic mass is 10.1. The van der Waals surface area contributed by atoms with Crippen molar-refractivity contribution in [3.63, 3.8) is 0 Å². The minimum Gasteiger partial charge on any atom is -0.383 e. The van der Waals surface area contributed by atoms with Gasteiger partial charge >= 0.3 is 0 Å². The number of sulfonamides is 1. The van der Waals surface area contributed by atoms with Crippen LogP contribution in [-0.4, -0.2) is 51.7 Å². The summed E-state index contributed by atoms with van der Waals surface area (Å²) >= 11 is 0. The number of carbonyl (C=O) groups excluding carboxylic acids is 1. The molecule has 0 bridgehead atoms. The molecule has 0 unspecified atom stereocenters. The molecule has 0 saturated carbocycles. The van der Waals surface area contributed by atoms with Gasteiger partial charge in [-0.05, 0) is 18.1 Å². The maximum absolute atomic E-state index is 11.9. The van der Waals surface area contributed by atoms with Crippen molar-refractivity contribution in [2.75, 3.05) is 33.1 Å². The summed E-state index contributed by atoms with van der Waals surface area (Å²) in [5.74, 6) is -0.172. The highest BCUT2D eigenvalue weighted by molar-refractivity contribution is 7.88. The fourth-order valence-electron chi connectivity index (χ4n) is 1.95. The second-order valence-electron chi connectivity index (χ2n) is 5.11. The highest BCUT2D eigenvalue weighted by atomic mass is 32.2. The molecule has 1 aromatic carbocycles. The molecule has 0 heterocycles. The van der Waals surface area contributed by atoms with E-state index in [9.17, 15) is 13.2 Å². The van der Waals surface area contributed by atoms with Gasteiger partial charge in [0.2, 0.25) is 15.9 Å². The lowest BCUT2D eigenvalue weighted by Gasteiger charge is -2.19. The van der Waals surface area contributed by atoms with Gasteiger partial charge < -0.3 is 10.1 Å². The van der Waals surface area contributed by atoms with E-state index < -0.39 is 10.0 Å². The molecule has 1 amide bonds. The van der Waals surface area contributed by atoms with Gasteiger partial charge in [-0.1, -0.05) is 24.3 Å². The van der Waals surface area contributed by atoms with E-state index >= 15 is 0 Å². The fraction of sp³-hybridized carbons (Fsp3) is 0.533. The summed E-state index contributed by atoms with van der Waals surface area (Å²) in [6.07, 6.45) is 1.26. The summed E-state index contributed by atoms with van der Waals surface area (Å²) < 4.78 is 29.4. The van der Waals surface area contributed by atoms with Crippen LogP contribution in [0.5, 0.6) is 0 Å². The van der Waals surface area contributed by atoms with E-state index in [2.05, 4.69) is 5.32 Å². The summed E-state index contributed by atoms with van der Waals surface area (Å²) in [5.41, 5.74) is 2.16. The Morgan fingerprint density at radius 2 is 1.95 bits per heavy atom. The summed E-state index contributed by atoms with van der Waals surface area (Å²) in [7, 11) is -1.82. The number of benzene rings is 1. The smallest absolute Gasteiger partial charge is 0.221 e. The summed E-state index contributed by atoms with van der Waals surface area (Å²) in [6.45, 7) is 3.14. The van der Waals surface area contributed by atoms with Gasteiger partial charge in [-0.3, -0.25) is 4.79 Å². The zero-order valence-electron chi connectivity index (χ0n) is 13.3. The minimum absolute atomic E-state index is 0.128. The fourth-order valence-corrected chi connectivity index (χ4v) is 2.78. The Morgan fingerprint density at radius 3 is 2.55 bits per heavy atom. The number of methoxy groups -OCH3 is 1. The average Bonchev–Trinajstić information content (AvgIpc) is 2.45. The second-order valence-corrected chi connectivity index (χ2v) is 7.09. The van der Waals surface area contributed by atoms with Gasteiger partial charge in [-0.2, -0.15) is 4.31 Å². The normalized spacial score (nSPS) is 11.6. The highest BCUT2D eigenvalue weighted by Crippen LogP contribution is 2.06. The number of nitrogens with one attached hydrogen (secondary N) is 1. The first-order chi connectivity index (χ1) is 10.3. The summed E-state index contributed by atoms with van der Waals surface area (Å²) in [4.78, 5) is 11.9. The first-order valence-corrected chi connectivity index (χ1v) is 8.94. The molecule has 0 aromatic heterocycles. The van der Waals surface area contributed by atoms with E-state index in [0.29, 0.717) is 13.2 Å². The molecule has 1 rings (SSSR count). The molecule has 124 valence electrons. The third-order valence-corrected chi connectivity index (χ3v) is 4.64. The third kappa shape index (κ3) is 6.55. The van der Waals surface area contributed by atoms with Crippen LogP contribution in [0.2, 0.25) is 0 Å². The van der Waals surface area contributed by atoms with Gasteiger partial charge in [0.1, 0.15) is 0 Å². The van der Waals surface area contributed by atoms with Crippen LogP contribution in [0.15, 0.2) is 24.3 Å². The van der Waals surface area contributed by atoms with Crippen LogP contribution in [0, 0.1) is 6.92 Å². The number of hydrogen-bond donors (Lipinski definition) is 1. The predicted octanol–water partition coefficient (Wildman–Crippen LogP) is 0.909. The number of rotatable bonds is 9. The van der Waals surface area contributed by atoms with E-state index in [-0.39, 0.29) is 25.4 Å². The van der Waals surface area contributed by atoms with Gasteiger partial charge in [-0.25, -0.2) is 8.42 Å². The predicted molar refractivity (Wildman–Crippen MR) is 85.9 cm³/mol. The number of carbonyl (C=O) groups is 1. The van der Waals surface area contributed by atoms with Crippen LogP contribution >= 0.6 is 0 Å². The molecule has 0 radical (unpaired) electrons. The molecule has 0 saturated heterocycles. The van der Waals surface area contributed by atoms with Crippen molar-refractivity contribution in [3.8, 4) is 0 Å². The van der Waals surface area contributed by atoms with Crippen LogP contribution in [-0.2, 0) is 26.1 Å². The summed E-state index contributed by atoms with van der Waals surface area (Å²) in [6, 6.07) is 7.81. The second kappa shape index (κ2) is 8.87. The van der Waals surface area contributed by atoms with Gasteiger partial charge in [0.25, 0.3) is 0 Å². The third-order valence-electron chi connectivity index (χ3n) is 3.34. The average molecular weight is 328 g/mol. The summed E-state index contributed by atoms with van der Waals surface area (Å²) in [5, 5.41) is 2.81. The molecule has 7 heteroatoms. The van der Waals surface area contributed by atoms with Crippen LogP contribution in [0.1, 0.15) is 17.5 Å². The van der Waals surface area contributed by atoms with Crippen molar-refractivity contribution in [3.05, 3.63) is 35.4 Å². The zero-order chi connectivity index (χ0) is 16.6. The molecule has 22 heavy (non-hydrogen) atoms. The molecule has 1 N–H and O–H groups in total. The van der Waals surface area contributed by atoms with Crippen LogP contribution in [0.3, 0.4) is 0 Å². The Morgan fingerprint density at radius 1 is 1.27 bits per heavy atom. The maximum atomic E-state index is 11.9.